The van der Waals surface area contributed by atoms with E-state index in [1.807, 2.05) is 0 Å². The first-order chi connectivity index (χ1) is 14.5. The van der Waals surface area contributed by atoms with Gasteiger partial charge in [0, 0.05) is 23.5 Å². The Morgan fingerprint density at radius 2 is 1.26 bits per heavy atom. The Bertz CT molecular complexity index is 1060. The molecule has 164 valence electrons. The largest absolute Gasteiger partial charge is 0.573 e. The van der Waals surface area contributed by atoms with Crippen molar-refractivity contribution < 1.29 is 40.2 Å². The summed E-state index contributed by atoms with van der Waals surface area (Å²) in [4.78, 5) is 7.51. The van der Waals surface area contributed by atoms with E-state index in [-0.39, 0.29) is 17.3 Å². The minimum atomic E-state index is -4.90. The van der Waals surface area contributed by atoms with Crippen LogP contribution in [0.3, 0.4) is 0 Å². The van der Waals surface area contributed by atoms with E-state index in [4.69, 9.17) is 0 Å². The van der Waals surface area contributed by atoms with Crippen LogP contribution in [0.4, 0.5) is 53.9 Å². The first-order valence-corrected chi connectivity index (χ1v) is 8.25. The summed E-state index contributed by atoms with van der Waals surface area (Å²) in [5.41, 5.74) is 0.144. The molecule has 0 aliphatic carbocycles. The molecule has 0 saturated heterocycles. The molecule has 0 amide bonds. The molecule has 13 heteroatoms. The molecule has 0 saturated carbocycles. The summed E-state index contributed by atoms with van der Waals surface area (Å²) in [6.07, 6.45) is -9.02. The van der Waals surface area contributed by atoms with Crippen molar-refractivity contribution in [3.05, 3.63) is 60.5 Å². The molecule has 0 atom stereocenters. The molecule has 0 aliphatic heterocycles. The molecule has 1 aromatic heterocycles. The lowest BCUT2D eigenvalue weighted by molar-refractivity contribution is -0.275. The van der Waals surface area contributed by atoms with Crippen molar-refractivity contribution >= 4 is 23.1 Å². The molecule has 0 aliphatic rings. The first-order valence-electron chi connectivity index (χ1n) is 8.25. The van der Waals surface area contributed by atoms with Gasteiger partial charge in [0.05, 0.1) is 6.20 Å². The fourth-order valence-corrected chi connectivity index (χ4v) is 2.32. The molecule has 0 radical (unpaired) electrons. The van der Waals surface area contributed by atoms with E-state index in [9.17, 15) is 30.7 Å². The minimum Gasteiger partial charge on any atom is -0.406 e. The number of ether oxygens (including phenoxy) is 2. The Kier molecular flexibility index (Phi) is 6.04. The number of anilines is 4. The molecule has 0 unspecified atom stereocenters. The van der Waals surface area contributed by atoms with Crippen LogP contribution in [0, 0.1) is 5.82 Å². The van der Waals surface area contributed by atoms with Crippen LogP contribution in [0.25, 0.3) is 0 Å². The monoisotopic (exact) mass is 448 g/mol. The van der Waals surface area contributed by atoms with E-state index in [1.165, 1.54) is 24.3 Å². The molecule has 2 N–H and O–H groups in total. The highest BCUT2D eigenvalue weighted by molar-refractivity contribution is 5.61. The maximum atomic E-state index is 14.0. The van der Waals surface area contributed by atoms with Crippen molar-refractivity contribution in [3.63, 3.8) is 0 Å². The van der Waals surface area contributed by atoms with E-state index in [0.29, 0.717) is 0 Å². The smallest absolute Gasteiger partial charge is 0.406 e. The molecule has 6 nitrogen and oxygen atoms in total. The van der Waals surface area contributed by atoms with Crippen molar-refractivity contribution in [2.45, 2.75) is 12.7 Å². The van der Waals surface area contributed by atoms with Crippen LogP contribution < -0.4 is 20.1 Å². The summed E-state index contributed by atoms with van der Waals surface area (Å²) >= 11 is 0. The van der Waals surface area contributed by atoms with Gasteiger partial charge in [0.25, 0.3) is 0 Å². The van der Waals surface area contributed by atoms with E-state index < -0.39 is 35.9 Å². The Labute approximate surface area is 169 Å². The zero-order valence-electron chi connectivity index (χ0n) is 15.1. The number of benzene rings is 2. The van der Waals surface area contributed by atoms with E-state index in [2.05, 4.69) is 30.1 Å². The fourth-order valence-electron chi connectivity index (χ4n) is 2.32. The average Bonchev–Trinajstić information content (AvgIpc) is 2.62. The van der Waals surface area contributed by atoms with Crippen LogP contribution in [-0.4, -0.2) is 22.7 Å². The van der Waals surface area contributed by atoms with Gasteiger partial charge in [-0.3, -0.25) is 0 Å². The van der Waals surface area contributed by atoms with E-state index in [1.54, 1.807) is 0 Å². The highest BCUT2D eigenvalue weighted by atomic mass is 19.4. The van der Waals surface area contributed by atoms with Crippen LogP contribution in [-0.2, 0) is 0 Å². The Hall–Kier alpha value is -3.77. The quantitative estimate of drug-likeness (QED) is 0.458. The lowest BCUT2D eigenvalue weighted by atomic mass is 10.3. The lowest BCUT2D eigenvalue weighted by Gasteiger charge is -2.13. The zero-order valence-corrected chi connectivity index (χ0v) is 15.1. The highest BCUT2D eigenvalue weighted by Crippen LogP contribution is 2.28. The predicted octanol–water partition coefficient (Wildman–Crippen LogP) is 5.90. The second-order valence-corrected chi connectivity index (χ2v) is 5.79. The maximum Gasteiger partial charge on any atom is 0.573 e. The highest BCUT2D eigenvalue weighted by Gasteiger charge is 2.31. The zero-order chi connectivity index (χ0) is 22.6. The van der Waals surface area contributed by atoms with Gasteiger partial charge in [0.2, 0.25) is 5.95 Å². The van der Waals surface area contributed by atoms with Crippen molar-refractivity contribution in [2.75, 3.05) is 10.6 Å². The molecule has 0 bridgehead atoms. The first kappa shape index (κ1) is 21.9. The summed E-state index contributed by atoms with van der Waals surface area (Å²) in [6.45, 7) is 0. The number of nitrogens with zero attached hydrogens (tertiary/aromatic N) is 2. The molecule has 1 heterocycles. The molecular formula is C18H11F7N4O2. The van der Waals surface area contributed by atoms with Gasteiger partial charge in [0.1, 0.15) is 11.5 Å². The topological polar surface area (TPSA) is 68.3 Å². The second kappa shape index (κ2) is 8.53. The van der Waals surface area contributed by atoms with Crippen molar-refractivity contribution in [2.24, 2.45) is 0 Å². The number of alkyl halides is 6. The number of rotatable bonds is 6. The normalized spacial score (nSPS) is 11.7. The molecule has 3 rings (SSSR count). The summed E-state index contributed by atoms with van der Waals surface area (Å²) in [6, 6.07) is 9.37. The van der Waals surface area contributed by atoms with Crippen LogP contribution in [0.2, 0.25) is 0 Å². The number of hydrogen-bond acceptors (Lipinski definition) is 6. The van der Waals surface area contributed by atoms with Crippen molar-refractivity contribution in [1.82, 2.24) is 9.97 Å². The van der Waals surface area contributed by atoms with Gasteiger partial charge in [-0.2, -0.15) is 4.98 Å². The number of aromatic nitrogens is 2. The van der Waals surface area contributed by atoms with E-state index in [0.717, 1.165) is 30.5 Å². The van der Waals surface area contributed by atoms with Gasteiger partial charge in [-0.1, -0.05) is 12.1 Å². The van der Waals surface area contributed by atoms with Gasteiger partial charge in [-0.05, 0) is 24.3 Å². The third-order valence-electron chi connectivity index (χ3n) is 3.40. The molecular weight excluding hydrogens is 437 g/mol. The fraction of sp³-hybridized carbons (Fsp3) is 0.111. The van der Waals surface area contributed by atoms with Crippen molar-refractivity contribution in [1.29, 1.82) is 0 Å². The van der Waals surface area contributed by atoms with Gasteiger partial charge < -0.3 is 20.1 Å². The maximum absolute atomic E-state index is 14.0. The molecule has 0 fully saturated rings. The standard InChI is InChI=1S/C18H11F7N4O2/c19-14-9-26-16(28-11-4-2-6-13(8-11)31-18(23,24)25)29-15(14)27-10-3-1-5-12(7-10)30-17(20,21)22/h1-9H,(H2,26,27,28,29). The molecule has 3 aromatic rings. The number of halogens is 7. The minimum absolute atomic E-state index is 0.0332. The summed E-state index contributed by atoms with van der Waals surface area (Å²) in [5.74, 6) is -2.56. The third-order valence-corrected chi connectivity index (χ3v) is 3.40. The summed E-state index contributed by atoms with van der Waals surface area (Å²) in [7, 11) is 0. The molecule has 31 heavy (non-hydrogen) atoms. The van der Waals surface area contributed by atoms with Crippen molar-refractivity contribution in [3.8, 4) is 11.5 Å². The Balaban J connectivity index is 1.77. The summed E-state index contributed by atoms with van der Waals surface area (Å²) < 4.78 is 95.7. The van der Waals surface area contributed by atoms with E-state index >= 15 is 0 Å². The van der Waals surface area contributed by atoms with Gasteiger partial charge in [0.15, 0.2) is 11.6 Å². The number of hydrogen-bond donors (Lipinski definition) is 2. The predicted molar refractivity (Wildman–Crippen MR) is 94.8 cm³/mol. The van der Waals surface area contributed by atoms with Crippen LogP contribution in [0.15, 0.2) is 54.7 Å². The number of nitrogens with one attached hydrogen (secondary N) is 2. The SMILES string of the molecule is Fc1cnc(Nc2cccc(OC(F)(F)F)c2)nc1Nc1cccc(OC(F)(F)F)c1. The van der Waals surface area contributed by atoms with Crippen LogP contribution in [0.5, 0.6) is 11.5 Å². The van der Waals surface area contributed by atoms with Gasteiger partial charge in [-0.15, -0.1) is 26.3 Å². The Morgan fingerprint density at radius 1 is 0.742 bits per heavy atom. The third kappa shape index (κ3) is 6.90. The van der Waals surface area contributed by atoms with Crippen LogP contribution >= 0.6 is 0 Å². The van der Waals surface area contributed by atoms with Gasteiger partial charge >= 0.3 is 12.7 Å². The lowest BCUT2D eigenvalue weighted by Crippen LogP contribution is -2.17. The summed E-state index contributed by atoms with van der Waals surface area (Å²) in [5, 5.41) is 5.06. The Morgan fingerprint density at radius 3 is 1.77 bits per heavy atom. The second-order valence-electron chi connectivity index (χ2n) is 5.79. The van der Waals surface area contributed by atoms with Crippen LogP contribution in [0.1, 0.15) is 0 Å². The molecule has 2 aromatic carbocycles. The van der Waals surface area contributed by atoms with Gasteiger partial charge in [-0.25, -0.2) is 9.37 Å². The molecule has 0 spiro atoms. The average molecular weight is 448 g/mol.